The van der Waals surface area contributed by atoms with Gasteiger partial charge in [-0.25, -0.2) is 13.2 Å². The van der Waals surface area contributed by atoms with Crippen molar-refractivity contribution in [2.24, 2.45) is 5.92 Å². The fraction of sp³-hybridized carbons (Fsp3) is 0.800. The molecule has 0 spiro atoms. The normalized spacial score (nSPS) is 31.0. The van der Waals surface area contributed by atoms with Gasteiger partial charge in [0.25, 0.3) is 5.91 Å². The summed E-state index contributed by atoms with van der Waals surface area (Å²) in [6.45, 7) is 7.90. The monoisotopic (exact) mass is 624 g/mol. The number of allylic oxidation sites excluding steroid dienone is 1. The molecule has 0 aromatic rings. The van der Waals surface area contributed by atoms with E-state index in [-0.39, 0.29) is 25.3 Å². The first-order chi connectivity index (χ1) is 20.3. The first-order valence-corrected chi connectivity index (χ1v) is 17.3. The smallest absolute Gasteiger partial charge is 0.408 e. The van der Waals surface area contributed by atoms with Gasteiger partial charge in [0.2, 0.25) is 21.8 Å². The Hall–Kier alpha value is -2.67. The summed E-state index contributed by atoms with van der Waals surface area (Å²) in [7, 11) is -3.82. The van der Waals surface area contributed by atoms with Crippen LogP contribution in [0.4, 0.5) is 4.79 Å². The van der Waals surface area contributed by atoms with Gasteiger partial charge in [0, 0.05) is 25.5 Å². The van der Waals surface area contributed by atoms with Gasteiger partial charge in [0.15, 0.2) is 0 Å². The van der Waals surface area contributed by atoms with Gasteiger partial charge < -0.3 is 25.0 Å². The van der Waals surface area contributed by atoms with Crippen molar-refractivity contribution in [1.29, 1.82) is 0 Å². The number of sulfonamides is 1. The summed E-state index contributed by atoms with van der Waals surface area (Å²) < 4.78 is 38.9. The molecule has 12 nitrogen and oxygen atoms in total. The molecule has 242 valence electrons. The maximum atomic E-state index is 14.0. The van der Waals surface area contributed by atoms with Crippen LogP contribution in [0.15, 0.2) is 12.2 Å². The van der Waals surface area contributed by atoms with Crippen LogP contribution in [0, 0.1) is 5.92 Å². The Morgan fingerprint density at radius 1 is 1.14 bits per heavy atom. The van der Waals surface area contributed by atoms with E-state index in [0.29, 0.717) is 32.3 Å². The van der Waals surface area contributed by atoms with Crippen LogP contribution >= 0.6 is 0 Å². The molecule has 3 fully saturated rings. The van der Waals surface area contributed by atoms with E-state index in [2.05, 4.69) is 15.4 Å². The van der Waals surface area contributed by atoms with Crippen molar-refractivity contribution < 1.29 is 37.1 Å². The number of nitrogens with zero attached hydrogens (tertiary/aromatic N) is 1. The van der Waals surface area contributed by atoms with Gasteiger partial charge in [0.1, 0.15) is 23.2 Å². The average Bonchev–Trinajstić information content (AvgIpc) is 3.83. The third-order valence-electron chi connectivity index (χ3n) is 8.39. The SMILES string of the molecule is CCCCO[C@@H]1C[C@H]2C(=O)N[C@]3(C(=O)NS(=O)(=O)C4CC4)C[C@H]3/C=C\CCCCC[C@H](NC(=O)OC(C)(C)C)C(=O)N2C1. The summed E-state index contributed by atoms with van der Waals surface area (Å²) in [6, 6.07) is -1.86. The minimum Gasteiger partial charge on any atom is -0.444 e. The molecule has 0 bridgehead atoms. The van der Waals surface area contributed by atoms with Crippen LogP contribution in [0.2, 0.25) is 0 Å². The second-order valence-corrected chi connectivity index (χ2v) is 15.3. The molecule has 0 aromatic carbocycles. The Kier molecular flexibility index (Phi) is 10.5. The maximum Gasteiger partial charge on any atom is 0.408 e. The minimum absolute atomic E-state index is 0.158. The topological polar surface area (TPSA) is 160 Å². The number of alkyl carbamates (subject to hydrolysis) is 1. The molecular weight excluding hydrogens is 576 g/mol. The lowest BCUT2D eigenvalue weighted by Gasteiger charge is -2.30. The molecule has 43 heavy (non-hydrogen) atoms. The number of unbranched alkanes of at least 4 members (excludes halogenated alkanes) is 1. The summed E-state index contributed by atoms with van der Waals surface area (Å²) in [5.41, 5.74) is -2.17. The molecule has 2 saturated carbocycles. The van der Waals surface area contributed by atoms with E-state index in [1.54, 1.807) is 20.8 Å². The van der Waals surface area contributed by atoms with Gasteiger partial charge >= 0.3 is 6.09 Å². The highest BCUT2D eigenvalue weighted by molar-refractivity contribution is 7.91. The molecule has 4 aliphatic rings. The van der Waals surface area contributed by atoms with Gasteiger partial charge in [-0.2, -0.15) is 0 Å². The average molecular weight is 625 g/mol. The van der Waals surface area contributed by atoms with E-state index in [4.69, 9.17) is 9.47 Å². The summed E-state index contributed by atoms with van der Waals surface area (Å²) in [4.78, 5) is 55.5. The van der Waals surface area contributed by atoms with Crippen molar-refractivity contribution in [1.82, 2.24) is 20.3 Å². The number of hydrogen-bond acceptors (Lipinski definition) is 8. The fourth-order valence-electron chi connectivity index (χ4n) is 5.73. The second-order valence-electron chi connectivity index (χ2n) is 13.3. The molecule has 0 radical (unpaired) electrons. The third-order valence-corrected chi connectivity index (χ3v) is 10.2. The summed E-state index contributed by atoms with van der Waals surface area (Å²) in [6.07, 6.45) is 9.40. The van der Waals surface area contributed by atoms with Crippen molar-refractivity contribution >= 4 is 33.8 Å². The van der Waals surface area contributed by atoms with Crippen LogP contribution < -0.4 is 15.4 Å². The predicted octanol–water partition coefficient (Wildman–Crippen LogP) is 2.67. The van der Waals surface area contributed by atoms with Crippen molar-refractivity contribution in [3.63, 3.8) is 0 Å². The second kappa shape index (κ2) is 13.5. The zero-order valence-electron chi connectivity index (χ0n) is 25.9. The number of rotatable bonds is 8. The Morgan fingerprint density at radius 2 is 1.88 bits per heavy atom. The van der Waals surface area contributed by atoms with Crippen LogP contribution in [0.3, 0.4) is 0 Å². The number of nitrogens with one attached hydrogen (secondary N) is 3. The Morgan fingerprint density at radius 3 is 2.56 bits per heavy atom. The van der Waals surface area contributed by atoms with Crippen molar-refractivity contribution in [2.45, 2.75) is 133 Å². The number of ether oxygens (including phenoxy) is 2. The lowest BCUT2D eigenvalue weighted by molar-refractivity contribution is -0.141. The van der Waals surface area contributed by atoms with E-state index in [0.717, 1.165) is 32.1 Å². The zero-order valence-corrected chi connectivity index (χ0v) is 26.7. The molecule has 5 atom stereocenters. The van der Waals surface area contributed by atoms with Crippen molar-refractivity contribution in [2.75, 3.05) is 13.2 Å². The number of hydrogen-bond donors (Lipinski definition) is 3. The Bertz CT molecular complexity index is 1190. The highest BCUT2D eigenvalue weighted by atomic mass is 32.2. The summed E-state index contributed by atoms with van der Waals surface area (Å²) in [5.74, 6) is -2.07. The molecule has 2 aliphatic carbocycles. The van der Waals surface area contributed by atoms with Gasteiger partial charge in [-0.1, -0.05) is 38.3 Å². The highest BCUT2D eigenvalue weighted by Crippen LogP contribution is 2.46. The van der Waals surface area contributed by atoms with Gasteiger partial charge in [0.05, 0.1) is 11.4 Å². The number of carbonyl (C=O) groups is 4. The molecule has 0 aromatic heterocycles. The molecule has 1 saturated heterocycles. The molecule has 2 aliphatic heterocycles. The van der Waals surface area contributed by atoms with Crippen LogP contribution in [0.25, 0.3) is 0 Å². The number of fused-ring (bicyclic) bond motifs is 2. The number of amides is 4. The Balaban J connectivity index is 1.59. The van der Waals surface area contributed by atoms with Crippen LogP contribution in [0.5, 0.6) is 0 Å². The molecule has 2 heterocycles. The third kappa shape index (κ3) is 8.71. The molecule has 13 heteroatoms. The first kappa shape index (κ1) is 33.2. The van der Waals surface area contributed by atoms with Crippen molar-refractivity contribution in [3.05, 3.63) is 12.2 Å². The number of carbonyl (C=O) groups excluding carboxylic acids is 4. The predicted molar refractivity (Wildman–Crippen MR) is 159 cm³/mol. The molecule has 3 N–H and O–H groups in total. The lowest BCUT2D eigenvalue weighted by atomic mass is 10.0. The van der Waals surface area contributed by atoms with E-state index < -0.39 is 68.4 Å². The van der Waals surface area contributed by atoms with Crippen LogP contribution in [-0.2, 0) is 33.9 Å². The largest absolute Gasteiger partial charge is 0.444 e. The zero-order chi connectivity index (χ0) is 31.4. The van der Waals surface area contributed by atoms with E-state index >= 15 is 0 Å². The van der Waals surface area contributed by atoms with Crippen molar-refractivity contribution in [3.8, 4) is 0 Å². The summed E-state index contributed by atoms with van der Waals surface area (Å²) in [5, 5.41) is 5.00. The minimum atomic E-state index is -3.82. The first-order valence-electron chi connectivity index (χ1n) is 15.7. The highest BCUT2D eigenvalue weighted by Gasteiger charge is 2.62. The Labute approximate surface area is 255 Å². The van der Waals surface area contributed by atoms with Gasteiger partial charge in [-0.3, -0.25) is 19.1 Å². The maximum absolute atomic E-state index is 14.0. The van der Waals surface area contributed by atoms with Gasteiger partial charge in [-0.05, 0) is 65.7 Å². The standard InChI is InChI=1S/C30H48N4O8S/c1-5-6-16-41-21-17-24-25(35)32-30(27(37)33-43(39,40)22-14-15-22)18-20(30)12-10-8-7-9-11-13-23(26(36)34(24)19-21)31-28(38)42-29(2,3)4/h10,12,20-24H,5-9,11,13-19H2,1-4H3,(H,31,38)(H,32,35)(H,33,37)/b12-10-/t20-,21-,23+,24+,30-/m1/s1. The van der Waals surface area contributed by atoms with Crippen LogP contribution in [0.1, 0.15) is 98.3 Å². The molecule has 0 unspecified atom stereocenters. The lowest BCUT2D eigenvalue weighted by Crippen LogP contribution is -2.58. The molecule has 4 amide bonds. The summed E-state index contributed by atoms with van der Waals surface area (Å²) >= 11 is 0. The fourth-order valence-corrected chi connectivity index (χ4v) is 7.09. The van der Waals surface area contributed by atoms with Gasteiger partial charge in [-0.15, -0.1) is 0 Å². The quantitative estimate of drug-likeness (QED) is 0.275. The molecular formula is C30H48N4O8S. The van der Waals surface area contributed by atoms with Crippen LogP contribution in [-0.4, -0.2) is 84.9 Å². The molecule has 4 rings (SSSR count). The van der Waals surface area contributed by atoms with E-state index in [1.165, 1.54) is 4.90 Å². The van der Waals surface area contributed by atoms with E-state index in [1.807, 2.05) is 19.1 Å². The van der Waals surface area contributed by atoms with E-state index in [9.17, 15) is 27.6 Å².